The van der Waals surface area contributed by atoms with Crippen LogP contribution in [-0.4, -0.2) is 67.5 Å². The highest BCUT2D eigenvalue weighted by Crippen LogP contribution is 2.39. The summed E-state index contributed by atoms with van der Waals surface area (Å²) in [5.41, 5.74) is 8.74. The Labute approximate surface area is 224 Å². The molecule has 2 amide bonds. The zero-order valence-electron chi connectivity index (χ0n) is 23.1. The summed E-state index contributed by atoms with van der Waals surface area (Å²) in [4.78, 5) is 32.1. The minimum absolute atomic E-state index is 0.0600. The second-order valence-corrected chi connectivity index (χ2v) is 10.4. The third kappa shape index (κ3) is 4.40. The van der Waals surface area contributed by atoms with Crippen molar-refractivity contribution in [3.05, 3.63) is 82.4 Å². The fourth-order valence-corrected chi connectivity index (χ4v) is 5.10. The van der Waals surface area contributed by atoms with Gasteiger partial charge < -0.3 is 29.3 Å². The van der Waals surface area contributed by atoms with Gasteiger partial charge in [-0.2, -0.15) is 0 Å². The van der Waals surface area contributed by atoms with Crippen LogP contribution in [0.4, 0.5) is 5.69 Å². The van der Waals surface area contributed by atoms with Gasteiger partial charge in [0.15, 0.2) is 0 Å². The van der Waals surface area contributed by atoms with Gasteiger partial charge >= 0.3 is 0 Å². The summed E-state index contributed by atoms with van der Waals surface area (Å²) in [6, 6.07) is 13.6. The fourth-order valence-electron chi connectivity index (χ4n) is 5.10. The van der Waals surface area contributed by atoms with E-state index in [0.29, 0.717) is 17.0 Å². The first-order chi connectivity index (χ1) is 18.1. The Bertz CT molecular complexity index is 1470. The number of nitrogens with zero attached hydrogens (tertiary/aromatic N) is 4. The molecule has 1 aromatic heterocycles. The van der Waals surface area contributed by atoms with Crippen LogP contribution in [0.1, 0.15) is 44.9 Å². The summed E-state index contributed by atoms with van der Waals surface area (Å²) in [7, 11) is 9.08. The zero-order chi connectivity index (χ0) is 27.3. The van der Waals surface area contributed by atoms with Crippen molar-refractivity contribution in [2.24, 2.45) is 7.05 Å². The summed E-state index contributed by atoms with van der Waals surface area (Å²) in [6.07, 6.45) is 1.93. The Balaban J connectivity index is 1.38. The number of likely N-dealkylation sites (N-methyl/N-ethyl adjacent to an activating group) is 1. The Morgan fingerprint density at radius 3 is 2.39 bits per heavy atom. The maximum absolute atomic E-state index is 13.4. The summed E-state index contributed by atoms with van der Waals surface area (Å²) >= 11 is 0. The third-order valence-electron chi connectivity index (χ3n) is 7.57. The molecule has 0 radical (unpaired) electrons. The van der Waals surface area contributed by atoms with E-state index in [1.54, 1.807) is 26.1 Å². The van der Waals surface area contributed by atoms with Crippen molar-refractivity contribution in [2.45, 2.75) is 19.9 Å². The van der Waals surface area contributed by atoms with Gasteiger partial charge in [-0.05, 0) is 66.9 Å². The quantitative estimate of drug-likeness (QED) is 0.513. The zero-order valence-corrected chi connectivity index (χ0v) is 23.1. The van der Waals surface area contributed by atoms with Gasteiger partial charge in [-0.25, -0.2) is 0 Å². The number of amides is 2. The number of aryl methyl sites for hydroxylation is 2. The third-order valence-corrected chi connectivity index (χ3v) is 7.57. The molecule has 0 unspecified atom stereocenters. The number of carbonyl (C=O) groups excluding carboxylic acids is 2. The lowest BCUT2D eigenvalue weighted by atomic mass is 9.98. The topological polar surface area (TPSA) is 70.0 Å². The van der Waals surface area contributed by atoms with Gasteiger partial charge in [0.2, 0.25) is 0 Å². The molecule has 1 N–H and O–H groups in total. The number of hydrogen-bond donors (Lipinski definition) is 1. The molecule has 3 aromatic rings. The molecule has 0 saturated carbocycles. The molecule has 2 aromatic carbocycles. The molecular weight excluding hydrogens is 478 g/mol. The summed E-state index contributed by atoms with van der Waals surface area (Å²) in [5.74, 6) is 0.517. The number of methoxy groups -OCH3 is 1. The molecule has 0 bridgehead atoms. The van der Waals surface area contributed by atoms with Crippen molar-refractivity contribution in [2.75, 3.05) is 46.2 Å². The lowest BCUT2D eigenvalue weighted by Gasteiger charge is -2.51. The van der Waals surface area contributed by atoms with E-state index < -0.39 is 0 Å². The van der Waals surface area contributed by atoms with Crippen molar-refractivity contribution >= 4 is 17.5 Å². The van der Waals surface area contributed by atoms with Crippen molar-refractivity contribution < 1.29 is 14.3 Å². The Morgan fingerprint density at radius 1 is 1.00 bits per heavy atom. The lowest BCUT2D eigenvalue weighted by Crippen LogP contribution is -2.54. The second-order valence-electron chi connectivity index (χ2n) is 10.4. The number of hydrogen-bond acceptors (Lipinski definition) is 5. The van der Waals surface area contributed by atoms with Crippen molar-refractivity contribution in [1.82, 2.24) is 19.7 Å². The molecule has 0 spiro atoms. The van der Waals surface area contributed by atoms with Crippen molar-refractivity contribution in [3.8, 4) is 16.9 Å². The molecule has 5 rings (SSSR count). The van der Waals surface area contributed by atoms with Crippen LogP contribution in [0.5, 0.6) is 5.75 Å². The van der Waals surface area contributed by atoms with Crippen molar-refractivity contribution in [1.29, 1.82) is 0 Å². The average molecular weight is 514 g/mol. The van der Waals surface area contributed by atoms with Crippen LogP contribution in [0.25, 0.3) is 11.1 Å². The normalized spacial score (nSPS) is 14.9. The van der Waals surface area contributed by atoms with E-state index in [2.05, 4.69) is 28.2 Å². The van der Waals surface area contributed by atoms with E-state index in [0.717, 1.165) is 41.0 Å². The molecule has 2 aliphatic heterocycles. The summed E-state index contributed by atoms with van der Waals surface area (Å²) in [5, 5.41) is 3.18. The van der Waals surface area contributed by atoms with Crippen LogP contribution < -0.4 is 15.0 Å². The first-order valence-electron chi connectivity index (χ1n) is 12.8. The van der Waals surface area contributed by atoms with Crippen LogP contribution in [0.2, 0.25) is 0 Å². The monoisotopic (exact) mass is 513 g/mol. The molecule has 0 saturated heterocycles. The lowest BCUT2D eigenvalue weighted by molar-refractivity contribution is 0.0818. The van der Waals surface area contributed by atoms with Crippen LogP contribution in [-0.2, 0) is 7.05 Å². The van der Waals surface area contributed by atoms with Crippen LogP contribution >= 0.6 is 0 Å². The Kier molecular flexibility index (Phi) is 6.42. The number of piperazine rings is 1. The smallest absolute Gasteiger partial charge is 0.269 e. The number of anilines is 1. The molecular formula is C30H35N5O3. The maximum Gasteiger partial charge on any atom is 0.269 e. The second kappa shape index (κ2) is 9.59. The number of nitrogens with one attached hydrogen (secondary N) is 1. The van der Waals surface area contributed by atoms with Gasteiger partial charge in [0.25, 0.3) is 11.8 Å². The van der Waals surface area contributed by atoms with E-state index in [4.69, 9.17) is 4.74 Å². The van der Waals surface area contributed by atoms with E-state index in [9.17, 15) is 9.59 Å². The highest BCUT2D eigenvalue weighted by Gasteiger charge is 2.38. The molecule has 0 aliphatic carbocycles. The molecule has 8 nitrogen and oxygen atoms in total. The Hall–Kier alpha value is -4.20. The predicted octanol–water partition coefficient (Wildman–Crippen LogP) is 4.18. The molecule has 3 heterocycles. The van der Waals surface area contributed by atoms with Crippen LogP contribution in [0.15, 0.2) is 60.1 Å². The van der Waals surface area contributed by atoms with Gasteiger partial charge in [-0.1, -0.05) is 6.07 Å². The van der Waals surface area contributed by atoms with Gasteiger partial charge in [-0.15, -0.1) is 0 Å². The number of rotatable bonds is 7. The van der Waals surface area contributed by atoms with Gasteiger partial charge in [0.1, 0.15) is 11.4 Å². The maximum atomic E-state index is 13.4. The van der Waals surface area contributed by atoms with Gasteiger partial charge in [0, 0.05) is 51.2 Å². The van der Waals surface area contributed by atoms with Gasteiger partial charge in [-0.3, -0.25) is 9.59 Å². The minimum Gasteiger partial charge on any atom is -0.497 e. The number of benzene rings is 2. The van der Waals surface area contributed by atoms with E-state index >= 15 is 0 Å². The van der Waals surface area contributed by atoms with Crippen LogP contribution in [0.3, 0.4) is 0 Å². The first kappa shape index (κ1) is 25.4. The molecule has 0 fully saturated rings. The summed E-state index contributed by atoms with van der Waals surface area (Å²) < 4.78 is 7.41. The number of aromatic nitrogens is 1. The van der Waals surface area contributed by atoms with Gasteiger partial charge in [0.05, 0.1) is 37.6 Å². The minimum atomic E-state index is -0.260. The molecule has 1 atom stereocenters. The molecule has 38 heavy (non-hydrogen) atoms. The summed E-state index contributed by atoms with van der Waals surface area (Å²) in [6.45, 7) is 5.78. The largest absolute Gasteiger partial charge is 0.497 e. The number of ether oxygens (including phenoxy) is 1. The first-order valence-corrected chi connectivity index (χ1v) is 12.8. The highest BCUT2D eigenvalue weighted by atomic mass is 16.5. The standard InChI is InChI=1S/C30H35N5O3/c1-18-8-9-23(35-17-27-28(35)16-34(27)6)14-25(18)29(36)31-19(2)20-10-21(12-24(11-20)38-7)22-13-26(33(5)15-22)30(37)32(3)4/h8-15,19H,16-17H2,1-7H3,(H,31,36)/t19-/m1/s1. The molecule has 2 aliphatic rings. The fraction of sp³-hybridized carbons (Fsp3) is 0.333. The van der Waals surface area contributed by atoms with E-state index in [-0.39, 0.29) is 17.9 Å². The molecule has 198 valence electrons. The number of carbonyl (C=O) groups is 2. The van der Waals surface area contributed by atoms with E-state index in [1.165, 1.54) is 11.4 Å². The predicted molar refractivity (Wildman–Crippen MR) is 149 cm³/mol. The SMILES string of the molecule is COc1cc(-c2cc(C(=O)N(C)C)n(C)c2)cc([C@@H](C)NC(=O)c2cc(N3CC4=C3CN4C)ccc2C)c1. The van der Waals surface area contributed by atoms with Crippen molar-refractivity contribution in [3.63, 3.8) is 0 Å². The van der Waals surface area contributed by atoms with Crippen LogP contribution in [0, 0.1) is 6.92 Å². The van der Waals surface area contributed by atoms with E-state index in [1.807, 2.05) is 68.1 Å². The molecule has 8 heteroatoms. The Morgan fingerprint density at radius 2 is 1.76 bits per heavy atom. The average Bonchev–Trinajstić information content (AvgIpc) is 3.28. The highest BCUT2D eigenvalue weighted by molar-refractivity contribution is 5.97.